The molecule has 2 aliphatic rings. The highest BCUT2D eigenvalue weighted by Crippen LogP contribution is 2.37. The zero-order valence-corrected chi connectivity index (χ0v) is 33.7. The van der Waals surface area contributed by atoms with Crippen LogP contribution < -0.4 is 5.32 Å². The number of aromatic nitrogens is 4. The maximum Gasteiger partial charge on any atom is 0.407 e. The van der Waals surface area contributed by atoms with Crippen molar-refractivity contribution in [3.8, 4) is 33.6 Å². The number of rotatable bonds is 13. The summed E-state index contributed by atoms with van der Waals surface area (Å²) in [6, 6.07) is 16.5. The first-order chi connectivity index (χ1) is 29.0. The fraction of sp³-hybridized carbons (Fsp3) is 0.364. The number of nitrogens with one attached hydrogen (secondary N) is 3. The Balaban J connectivity index is 1.05. The Hall–Kier alpha value is -6.42. The van der Waals surface area contributed by atoms with E-state index in [1.54, 1.807) is 41.0 Å². The first-order valence-corrected chi connectivity index (χ1v) is 19.8. The van der Waals surface area contributed by atoms with E-state index < -0.39 is 53.8 Å². The lowest BCUT2D eigenvalue weighted by Gasteiger charge is -2.30. The number of methoxy groups -OCH3 is 3. The molecule has 3 amide bonds. The Labute approximate surface area is 345 Å². The molecule has 0 aliphatic carbocycles. The number of alkyl carbamates (subject to hydrolysis) is 1. The average molecular weight is 824 g/mol. The lowest BCUT2D eigenvalue weighted by molar-refractivity contribution is -0.145. The number of halogens is 2. The van der Waals surface area contributed by atoms with Gasteiger partial charge in [0.2, 0.25) is 11.8 Å². The average Bonchev–Trinajstić information content (AvgIpc) is 4.11. The number of nitrogens with zero attached hydrogens (tertiary/aromatic N) is 4. The molecule has 5 atom stereocenters. The summed E-state index contributed by atoms with van der Waals surface area (Å²) in [7, 11) is 3.96. The number of amides is 3. The summed E-state index contributed by atoms with van der Waals surface area (Å²) >= 11 is 0. The molecular weight excluding hydrogens is 777 g/mol. The van der Waals surface area contributed by atoms with E-state index in [1.165, 1.54) is 45.9 Å². The van der Waals surface area contributed by atoms with E-state index in [1.807, 2.05) is 30.3 Å². The Morgan fingerprint density at radius 1 is 0.767 bits per heavy atom. The van der Waals surface area contributed by atoms with Gasteiger partial charge in [0.15, 0.2) is 0 Å². The number of carbonyl (C=O) groups excluding carboxylic acids is 4. The number of benzene rings is 3. The molecule has 0 bridgehead atoms. The molecule has 0 saturated carbocycles. The number of esters is 1. The number of hydrogen-bond donors (Lipinski definition) is 3. The van der Waals surface area contributed by atoms with Crippen molar-refractivity contribution < 1.29 is 42.2 Å². The van der Waals surface area contributed by atoms with Gasteiger partial charge in [-0.15, -0.1) is 0 Å². The Bertz CT molecular complexity index is 2350. The van der Waals surface area contributed by atoms with Crippen LogP contribution >= 0.6 is 0 Å². The number of aromatic amines is 2. The SMILES string of the molecule is COC(=O)C[C@@H](C(=O)N1CCC[C@H]1c1ncc(-c2ccc(-c3ccc(-c4cnc([C@@H]5CCCN5C(=O)[C@@H](NC(=O)OC)[C@H](C)OC)[nH]4)c(F)c3)cc2F)[nH]1)c1ccccc1. The summed E-state index contributed by atoms with van der Waals surface area (Å²) in [4.78, 5) is 70.7. The van der Waals surface area contributed by atoms with Crippen molar-refractivity contribution in [2.75, 3.05) is 34.4 Å². The van der Waals surface area contributed by atoms with Crippen LogP contribution in [0.3, 0.4) is 0 Å². The summed E-state index contributed by atoms with van der Waals surface area (Å²) < 4.78 is 46.6. The molecule has 4 heterocycles. The van der Waals surface area contributed by atoms with Gasteiger partial charge in [-0.25, -0.2) is 23.5 Å². The summed E-state index contributed by atoms with van der Waals surface area (Å²) in [6.07, 6.45) is 4.25. The number of H-pyrrole nitrogens is 2. The smallest absolute Gasteiger partial charge is 0.407 e. The van der Waals surface area contributed by atoms with E-state index in [9.17, 15) is 19.2 Å². The van der Waals surface area contributed by atoms with E-state index in [0.29, 0.717) is 72.1 Å². The van der Waals surface area contributed by atoms with Crippen LogP contribution in [0.4, 0.5) is 13.6 Å². The van der Waals surface area contributed by atoms with E-state index in [0.717, 1.165) is 6.42 Å². The van der Waals surface area contributed by atoms with Crippen molar-refractivity contribution in [1.82, 2.24) is 35.1 Å². The second-order valence-corrected chi connectivity index (χ2v) is 14.9. The van der Waals surface area contributed by atoms with Crippen molar-refractivity contribution in [3.63, 3.8) is 0 Å². The maximum absolute atomic E-state index is 15.8. The van der Waals surface area contributed by atoms with Gasteiger partial charge in [0.05, 0.1) is 68.5 Å². The number of imidazole rings is 2. The first-order valence-electron chi connectivity index (χ1n) is 19.8. The molecule has 16 heteroatoms. The van der Waals surface area contributed by atoms with Crippen LogP contribution in [0.25, 0.3) is 33.6 Å². The third-order valence-corrected chi connectivity index (χ3v) is 11.4. The molecule has 0 radical (unpaired) electrons. The van der Waals surface area contributed by atoms with Crippen LogP contribution in [0.2, 0.25) is 0 Å². The quantitative estimate of drug-likeness (QED) is 0.108. The van der Waals surface area contributed by atoms with Crippen LogP contribution in [0.1, 0.15) is 74.2 Å². The first kappa shape index (κ1) is 41.7. The third-order valence-electron chi connectivity index (χ3n) is 11.4. The van der Waals surface area contributed by atoms with E-state index in [4.69, 9.17) is 14.2 Å². The monoisotopic (exact) mass is 823 g/mol. The summed E-state index contributed by atoms with van der Waals surface area (Å²) in [5.74, 6) is -1.89. The highest BCUT2D eigenvalue weighted by atomic mass is 19.1. The minimum absolute atomic E-state index is 0.0986. The molecule has 60 heavy (non-hydrogen) atoms. The molecule has 5 aromatic rings. The minimum Gasteiger partial charge on any atom is -0.469 e. The number of hydrogen-bond acceptors (Lipinski definition) is 9. The van der Waals surface area contributed by atoms with Gasteiger partial charge in [-0.2, -0.15) is 0 Å². The fourth-order valence-corrected chi connectivity index (χ4v) is 8.11. The molecular formula is C44H47F2N7O7. The molecule has 7 rings (SSSR count). The predicted octanol–water partition coefficient (Wildman–Crippen LogP) is 6.85. The molecule has 2 fully saturated rings. The summed E-state index contributed by atoms with van der Waals surface area (Å²) in [5, 5.41) is 2.56. The Kier molecular flexibility index (Phi) is 12.7. The van der Waals surface area contributed by atoms with Gasteiger partial charge in [-0.05, 0) is 73.6 Å². The van der Waals surface area contributed by atoms with E-state index in [2.05, 4.69) is 25.3 Å². The lowest BCUT2D eigenvalue weighted by Crippen LogP contribution is -2.54. The second kappa shape index (κ2) is 18.2. The van der Waals surface area contributed by atoms with Gasteiger partial charge in [0.25, 0.3) is 0 Å². The molecule has 3 N–H and O–H groups in total. The number of likely N-dealkylation sites (tertiary alicyclic amines) is 2. The molecule has 2 aromatic heterocycles. The minimum atomic E-state index is -0.988. The van der Waals surface area contributed by atoms with Crippen molar-refractivity contribution in [1.29, 1.82) is 0 Å². The second-order valence-electron chi connectivity index (χ2n) is 14.9. The molecule has 3 aromatic carbocycles. The highest BCUT2D eigenvalue weighted by molar-refractivity contribution is 5.89. The highest BCUT2D eigenvalue weighted by Gasteiger charge is 2.39. The van der Waals surface area contributed by atoms with Crippen LogP contribution in [0.15, 0.2) is 79.1 Å². The topological polar surface area (TPSA) is 172 Å². The van der Waals surface area contributed by atoms with Gasteiger partial charge < -0.3 is 39.3 Å². The van der Waals surface area contributed by atoms with Crippen LogP contribution in [-0.2, 0) is 28.6 Å². The van der Waals surface area contributed by atoms with Crippen molar-refractivity contribution in [3.05, 3.63) is 108 Å². The van der Waals surface area contributed by atoms with Crippen LogP contribution in [-0.4, -0.2) is 100 Å². The van der Waals surface area contributed by atoms with Crippen LogP contribution in [0, 0.1) is 11.6 Å². The molecule has 2 saturated heterocycles. The fourth-order valence-electron chi connectivity index (χ4n) is 8.11. The molecule has 14 nitrogen and oxygen atoms in total. The zero-order valence-electron chi connectivity index (χ0n) is 33.7. The van der Waals surface area contributed by atoms with Gasteiger partial charge in [-0.1, -0.05) is 42.5 Å². The predicted molar refractivity (Wildman–Crippen MR) is 216 cm³/mol. The van der Waals surface area contributed by atoms with Gasteiger partial charge in [0, 0.05) is 31.3 Å². The number of carbonyl (C=O) groups is 4. The van der Waals surface area contributed by atoms with Gasteiger partial charge in [-0.3, -0.25) is 14.4 Å². The Morgan fingerprint density at radius 2 is 1.30 bits per heavy atom. The summed E-state index contributed by atoms with van der Waals surface area (Å²) in [6.45, 7) is 2.59. The molecule has 314 valence electrons. The van der Waals surface area contributed by atoms with E-state index in [-0.39, 0.29) is 29.4 Å². The van der Waals surface area contributed by atoms with Gasteiger partial charge in [0.1, 0.15) is 29.3 Å². The van der Waals surface area contributed by atoms with Crippen molar-refractivity contribution >= 4 is 23.9 Å². The van der Waals surface area contributed by atoms with Crippen LogP contribution in [0.5, 0.6) is 0 Å². The van der Waals surface area contributed by atoms with Gasteiger partial charge >= 0.3 is 12.1 Å². The molecule has 0 unspecified atom stereocenters. The molecule has 2 aliphatic heterocycles. The summed E-state index contributed by atoms with van der Waals surface area (Å²) in [5.41, 5.74) is 2.95. The number of ether oxygens (including phenoxy) is 3. The standard InChI is InChI=1S/C44H47F2N7O7/c1-25(58-2)39(51-44(57)60-4)43(56)53-19-9-13-37(53)41-48-24-35(50-41)30-17-15-28(21-33(30)46)27-14-16-29(32(45)20-27)34-23-47-40(49-34)36-12-8-18-52(36)42(55)31(22-38(54)59-3)26-10-6-5-7-11-26/h5-7,10-11,14-17,20-21,23-25,31,36-37,39H,8-9,12-13,18-19,22H2,1-4H3,(H,47,49)(H,48,50)(H,51,57)/t25-,31+,36-,37-,39-/m0/s1. The van der Waals surface area contributed by atoms with Crippen molar-refractivity contribution in [2.45, 2.75) is 69.2 Å². The zero-order chi connectivity index (χ0) is 42.5. The molecule has 0 spiro atoms. The lowest BCUT2D eigenvalue weighted by atomic mass is 9.94. The normalized spacial score (nSPS) is 17.9. The van der Waals surface area contributed by atoms with E-state index >= 15 is 8.78 Å². The third kappa shape index (κ3) is 8.64. The maximum atomic E-state index is 15.8. The largest absolute Gasteiger partial charge is 0.469 e. The Morgan fingerprint density at radius 3 is 1.78 bits per heavy atom. The van der Waals surface area contributed by atoms with Crippen molar-refractivity contribution in [2.24, 2.45) is 0 Å².